The van der Waals surface area contributed by atoms with Crippen LogP contribution in [0.5, 0.6) is 0 Å². The summed E-state index contributed by atoms with van der Waals surface area (Å²) in [6.45, 7) is 4.67. The summed E-state index contributed by atoms with van der Waals surface area (Å²) >= 11 is 0. The molecule has 0 radical (unpaired) electrons. The molecule has 1 unspecified atom stereocenters. The second kappa shape index (κ2) is 6.81. The Kier molecular flexibility index (Phi) is 4.60. The molecule has 1 fully saturated rings. The van der Waals surface area contributed by atoms with Gasteiger partial charge in [0.2, 0.25) is 0 Å². The van der Waals surface area contributed by atoms with Gasteiger partial charge >= 0.3 is 0 Å². The zero-order valence-electron chi connectivity index (χ0n) is 12.9. The molecule has 0 saturated carbocycles. The quantitative estimate of drug-likeness (QED) is 0.856. The minimum absolute atomic E-state index is 0.0795. The van der Waals surface area contributed by atoms with E-state index in [0.717, 1.165) is 23.6 Å². The van der Waals surface area contributed by atoms with E-state index < -0.39 is 0 Å². The second-order valence-electron chi connectivity index (χ2n) is 5.38. The summed E-state index contributed by atoms with van der Waals surface area (Å²) in [4.78, 5) is 15.4. The van der Waals surface area contributed by atoms with Crippen LogP contribution in [-0.2, 0) is 9.47 Å². The van der Waals surface area contributed by atoms with Gasteiger partial charge in [-0.05, 0) is 19.1 Å². The number of aryl methyl sites for hydroxylation is 1. The van der Waals surface area contributed by atoms with Crippen molar-refractivity contribution in [3.8, 4) is 11.4 Å². The predicted molar refractivity (Wildman–Crippen MR) is 83.8 cm³/mol. The van der Waals surface area contributed by atoms with Gasteiger partial charge in [0.05, 0.1) is 25.9 Å². The van der Waals surface area contributed by atoms with E-state index in [1.54, 1.807) is 12.4 Å². The summed E-state index contributed by atoms with van der Waals surface area (Å²) in [5.74, 6) is 1.57. The lowest BCUT2D eigenvalue weighted by Gasteiger charge is -2.28. The molecule has 0 N–H and O–H groups in total. The number of nitrogens with zero attached hydrogens (tertiary/aromatic N) is 4. The van der Waals surface area contributed by atoms with E-state index in [1.807, 2.05) is 32.2 Å². The number of aromatic nitrogens is 3. The fraction of sp³-hybridized carbons (Fsp3) is 0.438. The molecule has 3 heterocycles. The van der Waals surface area contributed by atoms with Crippen molar-refractivity contribution >= 4 is 5.82 Å². The second-order valence-corrected chi connectivity index (χ2v) is 5.38. The maximum Gasteiger partial charge on any atom is 0.163 e. The van der Waals surface area contributed by atoms with Crippen LogP contribution in [0.15, 0.2) is 30.6 Å². The molecule has 1 aliphatic heterocycles. The Bertz CT molecular complexity index is 615. The molecule has 1 saturated heterocycles. The third-order valence-electron chi connectivity index (χ3n) is 3.51. The molecule has 3 rings (SSSR count). The van der Waals surface area contributed by atoms with Gasteiger partial charge in [-0.1, -0.05) is 0 Å². The Morgan fingerprint density at radius 1 is 1.32 bits per heavy atom. The fourth-order valence-electron chi connectivity index (χ4n) is 2.41. The van der Waals surface area contributed by atoms with Gasteiger partial charge in [-0.3, -0.25) is 4.98 Å². The molecular weight excluding hydrogens is 280 g/mol. The van der Waals surface area contributed by atoms with Crippen LogP contribution in [0.25, 0.3) is 11.4 Å². The SMILES string of the molecule is Cc1cc(N(C)CC2COCCO2)nc(-c2cccnc2)n1. The van der Waals surface area contributed by atoms with Gasteiger partial charge in [0.1, 0.15) is 5.82 Å². The smallest absolute Gasteiger partial charge is 0.163 e. The van der Waals surface area contributed by atoms with Crippen molar-refractivity contribution in [2.24, 2.45) is 0 Å². The van der Waals surface area contributed by atoms with E-state index >= 15 is 0 Å². The summed E-state index contributed by atoms with van der Waals surface area (Å²) in [5.41, 5.74) is 1.84. The summed E-state index contributed by atoms with van der Waals surface area (Å²) in [6.07, 6.45) is 3.60. The van der Waals surface area contributed by atoms with Gasteiger partial charge in [-0.25, -0.2) is 9.97 Å². The van der Waals surface area contributed by atoms with Crippen molar-refractivity contribution in [1.29, 1.82) is 0 Å². The minimum Gasteiger partial charge on any atom is -0.376 e. The van der Waals surface area contributed by atoms with Crippen LogP contribution in [0.3, 0.4) is 0 Å². The third-order valence-corrected chi connectivity index (χ3v) is 3.51. The van der Waals surface area contributed by atoms with Crippen LogP contribution >= 0.6 is 0 Å². The molecule has 22 heavy (non-hydrogen) atoms. The van der Waals surface area contributed by atoms with Gasteiger partial charge in [0.15, 0.2) is 5.82 Å². The van der Waals surface area contributed by atoms with Crippen molar-refractivity contribution < 1.29 is 9.47 Å². The maximum atomic E-state index is 5.70. The topological polar surface area (TPSA) is 60.4 Å². The number of anilines is 1. The highest BCUT2D eigenvalue weighted by atomic mass is 16.6. The number of rotatable bonds is 4. The average Bonchev–Trinajstić information content (AvgIpc) is 2.56. The lowest BCUT2D eigenvalue weighted by molar-refractivity contribution is -0.0837. The molecule has 0 spiro atoms. The van der Waals surface area contributed by atoms with Crippen molar-refractivity contribution in [1.82, 2.24) is 15.0 Å². The first-order valence-corrected chi connectivity index (χ1v) is 7.39. The fourth-order valence-corrected chi connectivity index (χ4v) is 2.41. The molecule has 0 aliphatic carbocycles. The van der Waals surface area contributed by atoms with Crippen molar-refractivity contribution in [3.63, 3.8) is 0 Å². The zero-order valence-corrected chi connectivity index (χ0v) is 12.9. The van der Waals surface area contributed by atoms with E-state index in [4.69, 9.17) is 9.47 Å². The molecule has 0 bridgehead atoms. The molecule has 1 aliphatic rings. The monoisotopic (exact) mass is 300 g/mol. The first kappa shape index (κ1) is 14.9. The van der Waals surface area contributed by atoms with E-state index in [1.165, 1.54) is 0 Å². The summed E-state index contributed by atoms with van der Waals surface area (Å²) < 4.78 is 11.1. The van der Waals surface area contributed by atoms with Gasteiger partial charge in [0, 0.05) is 43.3 Å². The Balaban J connectivity index is 1.79. The lowest BCUT2D eigenvalue weighted by Crippen LogP contribution is -2.38. The Morgan fingerprint density at radius 2 is 2.23 bits per heavy atom. The van der Waals surface area contributed by atoms with Crippen molar-refractivity contribution in [2.75, 3.05) is 38.3 Å². The molecule has 6 nitrogen and oxygen atoms in total. The Labute approximate surface area is 130 Å². The van der Waals surface area contributed by atoms with Gasteiger partial charge < -0.3 is 14.4 Å². The maximum absolute atomic E-state index is 5.70. The minimum atomic E-state index is 0.0795. The van der Waals surface area contributed by atoms with Gasteiger partial charge in [-0.15, -0.1) is 0 Å². The molecule has 6 heteroatoms. The largest absolute Gasteiger partial charge is 0.376 e. The molecule has 0 amide bonds. The highest BCUT2D eigenvalue weighted by Crippen LogP contribution is 2.19. The Morgan fingerprint density at radius 3 is 2.95 bits per heavy atom. The van der Waals surface area contributed by atoms with Crippen LogP contribution in [0, 0.1) is 6.92 Å². The van der Waals surface area contributed by atoms with E-state index in [0.29, 0.717) is 25.6 Å². The number of likely N-dealkylation sites (N-methyl/N-ethyl adjacent to an activating group) is 1. The Hall–Kier alpha value is -2.05. The molecule has 2 aromatic heterocycles. The summed E-state index contributed by atoms with van der Waals surface area (Å²) in [7, 11) is 2.01. The van der Waals surface area contributed by atoms with Crippen molar-refractivity contribution in [3.05, 3.63) is 36.3 Å². The van der Waals surface area contributed by atoms with E-state index in [9.17, 15) is 0 Å². The molecule has 0 aromatic carbocycles. The van der Waals surface area contributed by atoms with Crippen LogP contribution in [0.2, 0.25) is 0 Å². The molecule has 2 aromatic rings. The average molecular weight is 300 g/mol. The van der Waals surface area contributed by atoms with Crippen LogP contribution < -0.4 is 4.90 Å². The highest BCUT2D eigenvalue weighted by molar-refractivity contribution is 5.56. The third kappa shape index (κ3) is 3.58. The number of ether oxygens (including phenoxy) is 2. The molecule has 116 valence electrons. The normalized spacial score (nSPS) is 18.2. The number of hydrogen-bond donors (Lipinski definition) is 0. The summed E-state index contributed by atoms with van der Waals surface area (Å²) in [6, 6.07) is 5.82. The van der Waals surface area contributed by atoms with Gasteiger partial charge in [-0.2, -0.15) is 0 Å². The highest BCUT2D eigenvalue weighted by Gasteiger charge is 2.18. The molecular formula is C16H20N4O2. The molecule has 1 atom stereocenters. The van der Waals surface area contributed by atoms with E-state index in [2.05, 4.69) is 19.9 Å². The van der Waals surface area contributed by atoms with Gasteiger partial charge in [0.25, 0.3) is 0 Å². The standard InChI is InChI=1S/C16H20N4O2/c1-12-8-15(20(2)10-14-11-21-6-7-22-14)19-16(18-12)13-4-3-5-17-9-13/h3-5,8-9,14H,6-7,10-11H2,1-2H3. The first-order valence-electron chi connectivity index (χ1n) is 7.39. The first-order chi connectivity index (χ1) is 10.7. The van der Waals surface area contributed by atoms with Crippen LogP contribution in [-0.4, -0.2) is 54.5 Å². The number of pyridine rings is 1. The zero-order chi connectivity index (χ0) is 15.4. The van der Waals surface area contributed by atoms with Crippen molar-refractivity contribution in [2.45, 2.75) is 13.0 Å². The van der Waals surface area contributed by atoms with E-state index in [-0.39, 0.29) is 6.10 Å². The number of hydrogen-bond acceptors (Lipinski definition) is 6. The lowest BCUT2D eigenvalue weighted by atomic mass is 10.2. The summed E-state index contributed by atoms with van der Waals surface area (Å²) in [5, 5.41) is 0. The van der Waals surface area contributed by atoms with Crippen LogP contribution in [0.4, 0.5) is 5.82 Å². The predicted octanol–water partition coefficient (Wildman–Crippen LogP) is 1.70. The van der Waals surface area contributed by atoms with Crippen LogP contribution in [0.1, 0.15) is 5.69 Å².